The van der Waals surface area contributed by atoms with E-state index in [1.807, 2.05) is 0 Å². The highest BCUT2D eigenvalue weighted by Crippen LogP contribution is 2.41. The molecule has 0 aliphatic carbocycles. The van der Waals surface area contributed by atoms with E-state index in [0.29, 0.717) is 0 Å². The average Bonchev–Trinajstić information content (AvgIpc) is 2.85. The minimum Gasteiger partial charge on any atom is -0.258 e. The topological polar surface area (TPSA) is 67.9 Å². The quantitative estimate of drug-likeness (QED) is 0.398. The van der Waals surface area contributed by atoms with Gasteiger partial charge in [0.25, 0.3) is 5.69 Å². The molecular formula is C7H4FN3O2. The molecule has 0 aromatic heterocycles. The van der Waals surface area contributed by atoms with E-state index in [1.165, 1.54) is 24.3 Å². The Bertz CT molecular complexity index is 381. The van der Waals surface area contributed by atoms with Crippen molar-refractivity contribution >= 4 is 5.69 Å². The van der Waals surface area contributed by atoms with Crippen LogP contribution < -0.4 is 0 Å². The zero-order valence-electron chi connectivity index (χ0n) is 6.35. The first-order valence-corrected chi connectivity index (χ1v) is 3.50. The van der Waals surface area contributed by atoms with Crippen molar-refractivity contribution in [1.82, 2.24) is 0 Å². The first-order valence-electron chi connectivity index (χ1n) is 3.50. The van der Waals surface area contributed by atoms with Crippen LogP contribution in [0.2, 0.25) is 0 Å². The molecule has 0 spiro atoms. The van der Waals surface area contributed by atoms with Gasteiger partial charge >= 0.3 is 5.92 Å². The molecular weight excluding hydrogens is 177 g/mol. The van der Waals surface area contributed by atoms with Gasteiger partial charge < -0.3 is 0 Å². The molecule has 2 rings (SSSR count). The van der Waals surface area contributed by atoms with Gasteiger partial charge in [-0.2, -0.15) is 4.39 Å². The van der Waals surface area contributed by atoms with Crippen LogP contribution in [0.3, 0.4) is 0 Å². The summed E-state index contributed by atoms with van der Waals surface area (Å²) >= 11 is 0. The lowest BCUT2D eigenvalue weighted by Crippen LogP contribution is -1.99. The smallest absolute Gasteiger partial charge is 0.258 e. The summed E-state index contributed by atoms with van der Waals surface area (Å²) in [4.78, 5) is 9.70. The highest BCUT2D eigenvalue weighted by molar-refractivity contribution is 5.35. The first-order chi connectivity index (χ1) is 6.12. The Hall–Kier alpha value is -1.85. The lowest BCUT2D eigenvalue weighted by molar-refractivity contribution is -0.384. The van der Waals surface area contributed by atoms with Gasteiger partial charge in [-0.1, -0.05) is 0 Å². The summed E-state index contributed by atoms with van der Waals surface area (Å²) in [5, 5.41) is 16.6. The van der Waals surface area contributed by atoms with Gasteiger partial charge in [-0.3, -0.25) is 10.1 Å². The Balaban J connectivity index is 2.29. The fourth-order valence-electron chi connectivity index (χ4n) is 0.955. The zero-order valence-corrected chi connectivity index (χ0v) is 6.35. The van der Waals surface area contributed by atoms with Crippen molar-refractivity contribution in [1.29, 1.82) is 0 Å². The standard InChI is InChI=1S/C7H4FN3O2/c8-7(9-10-7)5-1-3-6(4-2-5)11(12)13/h1-4H. The van der Waals surface area contributed by atoms with E-state index in [1.54, 1.807) is 0 Å². The molecule has 13 heavy (non-hydrogen) atoms. The van der Waals surface area contributed by atoms with E-state index in [9.17, 15) is 14.5 Å². The summed E-state index contributed by atoms with van der Waals surface area (Å²) in [7, 11) is 0. The molecule has 1 aromatic rings. The fourth-order valence-corrected chi connectivity index (χ4v) is 0.955. The van der Waals surface area contributed by atoms with Crippen LogP contribution >= 0.6 is 0 Å². The zero-order chi connectivity index (χ0) is 9.47. The van der Waals surface area contributed by atoms with Crippen LogP contribution in [0.1, 0.15) is 5.56 Å². The second kappa shape index (κ2) is 2.32. The van der Waals surface area contributed by atoms with E-state index in [2.05, 4.69) is 10.2 Å². The van der Waals surface area contributed by atoms with E-state index in [4.69, 9.17) is 0 Å². The van der Waals surface area contributed by atoms with Crippen LogP contribution in [0.4, 0.5) is 10.1 Å². The van der Waals surface area contributed by atoms with Crippen molar-refractivity contribution in [2.45, 2.75) is 5.92 Å². The predicted octanol–water partition coefficient (Wildman–Crippen LogP) is 2.14. The highest BCUT2D eigenvalue weighted by atomic mass is 19.2. The third-order valence-electron chi connectivity index (χ3n) is 1.72. The molecule has 0 saturated heterocycles. The Labute approximate surface area is 72.1 Å². The number of hydrogen-bond donors (Lipinski definition) is 0. The fraction of sp³-hybridized carbons (Fsp3) is 0.143. The van der Waals surface area contributed by atoms with Crippen LogP contribution in [0.25, 0.3) is 0 Å². The second-order valence-electron chi connectivity index (χ2n) is 2.59. The maximum atomic E-state index is 13.1. The van der Waals surface area contributed by atoms with E-state index in [0.717, 1.165) is 0 Å². The summed E-state index contributed by atoms with van der Waals surface area (Å²) in [5.74, 6) is -1.95. The number of non-ortho nitro benzene ring substituents is 1. The largest absolute Gasteiger partial charge is 0.354 e. The summed E-state index contributed by atoms with van der Waals surface area (Å²) in [5.41, 5.74) is 0.145. The van der Waals surface area contributed by atoms with E-state index >= 15 is 0 Å². The highest BCUT2D eigenvalue weighted by Gasteiger charge is 2.42. The monoisotopic (exact) mass is 181 g/mol. The Morgan fingerprint density at radius 3 is 2.23 bits per heavy atom. The summed E-state index contributed by atoms with van der Waals surface area (Å²) in [6.07, 6.45) is 0. The Morgan fingerprint density at radius 1 is 1.31 bits per heavy atom. The molecule has 0 atom stereocenters. The molecule has 0 radical (unpaired) electrons. The van der Waals surface area contributed by atoms with Crippen LogP contribution in [-0.2, 0) is 5.92 Å². The van der Waals surface area contributed by atoms with Gasteiger partial charge in [0.15, 0.2) is 0 Å². The van der Waals surface area contributed by atoms with Crippen molar-refractivity contribution in [3.05, 3.63) is 39.9 Å². The SMILES string of the molecule is O=[N+]([O-])c1ccc(C2(F)N=N2)cc1. The number of hydrogen-bond acceptors (Lipinski definition) is 4. The minimum absolute atomic E-state index is 0.0759. The number of nitro groups is 1. The third-order valence-corrected chi connectivity index (χ3v) is 1.72. The third kappa shape index (κ3) is 1.26. The predicted molar refractivity (Wildman–Crippen MR) is 40.7 cm³/mol. The molecule has 5 nitrogen and oxygen atoms in total. The summed E-state index contributed by atoms with van der Waals surface area (Å²) < 4.78 is 13.1. The first kappa shape index (κ1) is 7.78. The number of nitrogens with zero attached hydrogens (tertiary/aromatic N) is 3. The molecule has 0 saturated carbocycles. The van der Waals surface area contributed by atoms with Crippen molar-refractivity contribution in [2.24, 2.45) is 10.2 Å². The van der Waals surface area contributed by atoms with Gasteiger partial charge in [-0.25, -0.2) is 0 Å². The molecule has 0 amide bonds. The number of benzene rings is 1. The summed E-state index contributed by atoms with van der Waals surface area (Å²) in [6.45, 7) is 0. The van der Waals surface area contributed by atoms with E-state index < -0.39 is 10.8 Å². The molecule has 0 unspecified atom stereocenters. The maximum Gasteiger partial charge on any atom is 0.354 e. The molecule has 1 aliphatic heterocycles. The maximum absolute atomic E-state index is 13.1. The number of halogens is 1. The van der Waals surface area contributed by atoms with Gasteiger partial charge in [0.1, 0.15) is 0 Å². The van der Waals surface area contributed by atoms with Crippen LogP contribution in [0, 0.1) is 10.1 Å². The van der Waals surface area contributed by atoms with Gasteiger partial charge in [0, 0.05) is 17.7 Å². The van der Waals surface area contributed by atoms with Gasteiger partial charge in [-0.05, 0) is 12.1 Å². The number of alkyl halides is 1. The van der Waals surface area contributed by atoms with Crippen LogP contribution in [0.5, 0.6) is 0 Å². The molecule has 0 fully saturated rings. The lowest BCUT2D eigenvalue weighted by Gasteiger charge is -1.98. The van der Waals surface area contributed by atoms with Crippen molar-refractivity contribution < 1.29 is 9.31 Å². The summed E-state index contributed by atoms with van der Waals surface area (Å²) in [6, 6.07) is 5.05. The van der Waals surface area contributed by atoms with Crippen molar-refractivity contribution in [3.63, 3.8) is 0 Å². The van der Waals surface area contributed by atoms with Gasteiger partial charge in [0.05, 0.1) is 4.92 Å². The van der Waals surface area contributed by atoms with Crippen molar-refractivity contribution in [3.8, 4) is 0 Å². The Morgan fingerprint density at radius 2 is 1.85 bits per heavy atom. The molecule has 6 heteroatoms. The van der Waals surface area contributed by atoms with E-state index in [-0.39, 0.29) is 11.3 Å². The molecule has 66 valence electrons. The molecule has 1 aliphatic rings. The average molecular weight is 181 g/mol. The second-order valence-corrected chi connectivity index (χ2v) is 2.59. The number of nitro benzene ring substituents is 1. The minimum atomic E-state index is -1.95. The van der Waals surface area contributed by atoms with Gasteiger partial charge in [0.2, 0.25) is 0 Å². The van der Waals surface area contributed by atoms with Crippen LogP contribution in [-0.4, -0.2) is 4.92 Å². The molecule has 1 aromatic carbocycles. The van der Waals surface area contributed by atoms with Gasteiger partial charge in [-0.15, -0.1) is 10.2 Å². The van der Waals surface area contributed by atoms with Crippen molar-refractivity contribution in [2.75, 3.05) is 0 Å². The molecule has 1 heterocycles. The molecule has 0 bridgehead atoms. The Kier molecular flexibility index (Phi) is 1.39. The van der Waals surface area contributed by atoms with Crippen LogP contribution in [0.15, 0.2) is 34.5 Å². The number of rotatable bonds is 2. The lowest BCUT2D eigenvalue weighted by atomic mass is 10.1. The normalized spacial score (nSPS) is 17.0. The molecule has 0 N–H and O–H groups in total.